The Balaban J connectivity index is 1.53. The van der Waals surface area contributed by atoms with Gasteiger partial charge in [0.05, 0.1) is 42.8 Å². The average molecular weight is 659 g/mol. The summed E-state index contributed by atoms with van der Waals surface area (Å²) in [7, 11) is -3.39. The summed E-state index contributed by atoms with van der Waals surface area (Å²) in [6.07, 6.45) is -12.5. The molecule has 0 aromatic rings. The molecule has 0 bridgehead atoms. The van der Waals surface area contributed by atoms with Gasteiger partial charge in [-0.2, -0.15) is 0 Å². The van der Waals surface area contributed by atoms with Crippen molar-refractivity contribution in [2.45, 2.75) is 123 Å². The molecule has 3 aliphatic heterocycles. The predicted molar refractivity (Wildman–Crippen MR) is 153 cm³/mol. The second-order valence-corrected chi connectivity index (χ2v) is 14.7. The second-order valence-electron chi connectivity index (χ2n) is 12.5. The monoisotopic (exact) mass is 658 g/mol. The van der Waals surface area contributed by atoms with Gasteiger partial charge in [0, 0.05) is 42.9 Å². The Bertz CT molecular complexity index is 1050. The first-order valence-electron chi connectivity index (χ1n) is 14.8. The van der Waals surface area contributed by atoms with Gasteiger partial charge in [0.1, 0.15) is 46.5 Å². The summed E-state index contributed by atoms with van der Waals surface area (Å²) in [5.74, 6) is -1.08. The second kappa shape index (κ2) is 14.6. The van der Waals surface area contributed by atoms with Gasteiger partial charge < -0.3 is 83.6 Å². The Morgan fingerprint density at radius 2 is 1.45 bits per heavy atom. The molecule has 1 unspecified atom stereocenters. The van der Waals surface area contributed by atoms with Gasteiger partial charge >= 0.3 is 0 Å². The summed E-state index contributed by atoms with van der Waals surface area (Å²) in [4.78, 5) is 0. The lowest BCUT2D eigenvalue weighted by atomic mass is 9.72. The maximum absolute atomic E-state index is 11.9. The molecular formula is C25H50N6O12S. The molecule has 19 heteroatoms. The van der Waals surface area contributed by atoms with Gasteiger partial charge in [-0.05, 0) is 19.3 Å². The Hall–Kier alpha value is -0.690. The van der Waals surface area contributed by atoms with Crippen molar-refractivity contribution in [1.29, 1.82) is 0 Å². The first kappa shape index (κ1) is 36.2. The zero-order valence-electron chi connectivity index (χ0n) is 24.6. The van der Waals surface area contributed by atoms with Crippen molar-refractivity contribution in [3.63, 3.8) is 0 Å². The number of ether oxygens (including phenoxy) is 5. The van der Waals surface area contributed by atoms with Crippen LogP contribution in [0.4, 0.5) is 0 Å². The van der Waals surface area contributed by atoms with Gasteiger partial charge in [0.25, 0.3) is 0 Å². The number of aliphatic hydroxyl groups is 5. The van der Waals surface area contributed by atoms with Gasteiger partial charge in [0.15, 0.2) is 12.6 Å². The van der Waals surface area contributed by atoms with Gasteiger partial charge in [-0.1, -0.05) is 0 Å². The zero-order valence-corrected chi connectivity index (χ0v) is 25.4. The fourth-order valence-electron chi connectivity index (χ4n) is 6.68. The summed E-state index contributed by atoms with van der Waals surface area (Å²) in [5.41, 5.74) is 37.0. The van der Waals surface area contributed by atoms with E-state index in [-0.39, 0.29) is 18.7 Å². The molecule has 0 amide bonds. The van der Waals surface area contributed by atoms with Crippen LogP contribution in [-0.2, 0) is 33.5 Å². The van der Waals surface area contributed by atoms with Gasteiger partial charge in [0.2, 0.25) is 0 Å². The van der Waals surface area contributed by atoms with Crippen LogP contribution in [0.25, 0.3) is 0 Å². The molecule has 3 saturated heterocycles. The zero-order chi connectivity index (χ0) is 32.7. The molecule has 4 fully saturated rings. The minimum atomic E-state index is -3.39. The normalized spacial score (nSPS) is 49.6. The highest BCUT2D eigenvalue weighted by molar-refractivity contribution is 7.90. The number of rotatable bonds is 10. The van der Waals surface area contributed by atoms with E-state index < -0.39 is 126 Å². The van der Waals surface area contributed by atoms with Crippen molar-refractivity contribution in [2.75, 3.05) is 25.2 Å². The van der Waals surface area contributed by atoms with E-state index >= 15 is 0 Å². The van der Waals surface area contributed by atoms with Crippen molar-refractivity contribution < 1.29 is 57.6 Å². The molecule has 17 N–H and O–H groups in total. The molecule has 1 aliphatic carbocycles. The minimum Gasteiger partial charge on any atom is -0.394 e. The van der Waals surface area contributed by atoms with E-state index in [4.69, 9.17) is 58.1 Å². The van der Waals surface area contributed by atoms with E-state index in [0.717, 1.165) is 6.26 Å². The summed E-state index contributed by atoms with van der Waals surface area (Å²) in [6.45, 7) is -0.780. The standard InChI is InChI=1S/C25H50N6O12S/c1-44(37,38)7-11(30)12-3-2-8(27)21(39-12)15-9(28)4-10(29)17(33)23(15)43-25-20(36)22(14(6-32)41-25)42-24-16(31)19(35)18(34)13(5-26)40-24/h8-25,32-36H,2-7,26-31H2,1H3/t8-,9+,10-,11+,12+,13+,14-,15+,16-,17+,18-,19-,20-,21?,22-,23+,24-,25+/m1/s1. The average Bonchev–Trinajstić information content (AvgIpc) is 3.25. The first-order valence-corrected chi connectivity index (χ1v) is 16.9. The Kier molecular flexibility index (Phi) is 12.0. The van der Waals surface area contributed by atoms with Gasteiger partial charge in [-0.3, -0.25) is 0 Å². The van der Waals surface area contributed by atoms with E-state index in [1.165, 1.54) is 0 Å². The van der Waals surface area contributed by atoms with Gasteiger partial charge in [-0.25, -0.2) is 8.42 Å². The van der Waals surface area contributed by atoms with Crippen molar-refractivity contribution in [1.82, 2.24) is 0 Å². The number of hydrogen-bond acceptors (Lipinski definition) is 18. The lowest BCUT2D eigenvalue weighted by Crippen LogP contribution is -2.67. The highest BCUT2D eigenvalue weighted by Gasteiger charge is 2.55. The quantitative estimate of drug-likeness (QED) is 0.104. The fraction of sp³-hybridized carbons (Fsp3) is 1.00. The maximum Gasteiger partial charge on any atom is 0.187 e. The van der Waals surface area contributed by atoms with Crippen LogP contribution >= 0.6 is 0 Å². The van der Waals surface area contributed by atoms with E-state index in [0.29, 0.717) is 12.8 Å². The third-order valence-corrected chi connectivity index (χ3v) is 10.1. The fourth-order valence-corrected chi connectivity index (χ4v) is 7.59. The lowest BCUT2D eigenvalue weighted by Gasteiger charge is -2.50. The smallest absolute Gasteiger partial charge is 0.187 e. The molecule has 18 nitrogen and oxygen atoms in total. The maximum atomic E-state index is 11.9. The van der Waals surface area contributed by atoms with Crippen LogP contribution in [0.2, 0.25) is 0 Å². The highest BCUT2D eigenvalue weighted by atomic mass is 32.2. The molecule has 1 saturated carbocycles. The molecule has 258 valence electrons. The van der Waals surface area contributed by atoms with Crippen LogP contribution in [0.15, 0.2) is 0 Å². The molecular weight excluding hydrogens is 608 g/mol. The number of nitrogens with two attached hydrogens (primary N) is 6. The van der Waals surface area contributed by atoms with Crippen LogP contribution in [0, 0.1) is 5.92 Å². The van der Waals surface area contributed by atoms with Crippen LogP contribution in [0.1, 0.15) is 19.3 Å². The molecule has 3 heterocycles. The molecule has 0 aromatic heterocycles. The third-order valence-electron chi connectivity index (χ3n) is 9.12. The van der Waals surface area contributed by atoms with Crippen molar-refractivity contribution in [3.05, 3.63) is 0 Å². The van der Waals surface area contributed by atoms with Crippen LogP contribution in [0.5, 0.6) is 0 Å². The lowest BCUT2D eigenvalue weighted by molar-refractivity contribution is -0.280. The summed E-state index contributed by atoms with van der Waals surface area (Å²) in [5, 5.41) is 52.9. The summed E-state index contributed by atoms with van der Waals surface area (Å²) < 4.78 is 53.4. The highest BCUT2D eigenvalue weighted by Crippen LogP contribution is 2.38. The number of aliphatic hydroxyl groups excluding tert-OH is 5. The van der Waals surface area contributed by atoms with Crippen molar-refractivity contribution >= 4 is 9.84 Å². The molecule has 18 atom stereocenters. The number of hydrogen-bond donors (Lipinski definition) is 11. The molecule has 4 aliphatic rings. The summed E-state index contributed by atoms with van der Waals surface area (Å²) >= 11 is 0. The summed E-state index contributed by atoms with van der Waals surface area (Å²) in [6, 6.07) is -4.14. The molecule has 44 heavy (non-hydrogen) atoms. The predicted octanol–water partition coefficient (Wildman–Crippen LogP) is -7.15. The van der Waals surface area contributed by atoms with E-state index in [9.17, 15) is 34.0 Å². The number of sulfone groups is 1. The first-order chi connectivity index (χ1) is 20.6. The van der Waals surface area contributed by atoms with E-state index in [1.807, 2.05) is 0 Å². The Labute approximate surface area is 256 Å². The van der Waals surface area contributed by atoms with Crippen LogP contribution < -0.4 is 34.4 Å². The Morgan fingerprint density at radius 3 is 2.07 bits per heavy atom. The Morgan fingerprint density at radius 1 is 0.818 bits per heavy atom. The van der Waals surface area contributed by atoms with E-state index in [2.05, 4.69) is 0 Å². The van der Waals surface area contributed by atoms with Gasteiger partial charge in [-0.15, -0.1) is 0 Å². The SMILES string of the molecule is CS(=O)(=O)C[C@H](N)[C@@H]1CC[C@@H](N)C([C@H]2[C@H](O[C@@H]3O[C@H](CO)[C@@H](O[C@H]4O[C@@H](CN)[C@@H](O)[C@H](O)[C@H]4N)[C@H]3O)[C@@H](O)[C@H](N)C[C@@H]2N)O1. The minimum absolute atomic E-state index is 0.156. The van der Waals surface area contributed by atoms with Crippen molar-refractivity contribution in [3.8, 4) is 0 Å². The molecule has 0 aromatic carbocycles. The van der Waals surface area contributed by atoms with Crippen molar-refractivity contribution in [2.24, 2.45) is 40.3 Å². The van der Waals surface area contributed by atoms with Crippen LogP contribution in [-0.4, -0.2) is 163 Å². The van der Waals surface area contributed by atoms with Crippen LogP contribution in [0.3, 0.4) is 0 Å². The largest absolute Gasteiger partial charge is 0.394 e. The van der Waals surface area contributed by atoms with E-state index in [1.54, 1.807) is 0 Å². The molecule has 4 rings (SSSR count). The third kappa shape index (κ3) is 7.71. The topological polar surface area (TPSA) is 338 Å². The molecule has 0 spiro atoms. The molecule has 0 radical (unpaired) electrons.